The number of alkyl halides is 6. The van der Waals surface area contributed by atoms with Crippen LogP contribution in [0.3, 0.4) is 0 Å². The number of hydrogen-bond donors (Lipinski definition) is 1. The summed E-state index contributed by atoms with van der Waals surface area (Å²) < 4.78 is 99.8. The number of carbonyl (C=O) groups is 1. The maximum atomic E-state index is 15.0. The minimum atomic E-state index is -5.06. The lowest BCUT2D eigenvalue weighted by Crippen LogP contribution is -2.37. The standard InChI is InChI=1S/C25H25F7N4O4/c1-35-5-2-16-9-17(10-19(26)21(16)35)20-22(36-6-3-15(4-7-36)23(37)38)34-18(11-33-20)8-14(12-39-24(27,28)29)13-40-25(30,31)32/h2,5,9-11,14-15H,3-4,6-8,12-13H2,1H3,(H,37,38). The summed E-state index contributed by atoms with van der Waals surface area (Å²) in [5.41, 5.74) is 0.996. The third-order valence-electron chi connectivity index (χ3n) is 6.61. The fourth-order valence-electron chi connectivity index (χ4n) is 4.68. The van der Waals surface area contributed by atoms with Gasteiger partial charge in [0.1, 0.15) is 11.5 Å². The summed E-state index contributed by atoms with van der Waals surface area (Å²) in [5, 5.41) is 9.92. The van der Waals surface area contributed by atoms with Crippen LogP contribution in [-0.4, -0.2) is 64.6 Å². The lowest BCUT2D eigenvalue weighted by molar-refractivity contribution is -0.343. The molecular formula is C25H25F7N4O4. The Labute approximate surface area is 223 Å². The van der Waals surface area contributed by atoms with Crippen LogP contribution in [0.2, 0.25) is 0 Å². The van der Waals surface area contributed by atoms with Gasteiger partial charge in [-0.05, 0) is 37.5 Å². The first-order valence-corrected chi connectivity index (χ1v) is 12.2. The number of hydrogen-bond acceptors (Lipinski definition) is 6. The number of nitrogens with zero attached hydrogens (tertiary/aromatic N) is 4. The van der Waals surface area contributed by atoms with E-state index in [4.69, 9.17) is 0 Å². The Kier molecular flexibility index (Phi) is 8.54. The molecule has 3 heterocycles. The van der Waals surface area contributed by atoms with Crippen LogP contribution in [0.15, 0.2) is 30.6 Å². The Balaban J connectivity index is 1.69. The number of fused-ring (bicyclic) bond motifs is 1. The number of anilines is 1. The van der Waals surface area contributed by atoms with Crippen LogP contribution in [0.25, 0.3) is 22.2 Å². The molecule has 2 aromatic heterocycles. The Morgan fingerprint density at radius 3 is 2.30 bits per heavy atom. The molecular weight excluding hydrogens is 553 g/mol. The molecule has 1 N–H and O–H groups in total. The van der Waals surface area contributed by atoms with Gasteiger partial charge in [0.25, 0.3) is 0 Å². The smallest absolute Gasteiger partial charge is 0.481 e. The monoisotopic (exact) mass is 578 g/mol. The van der Waals surface area contributed by atoms with Crippen molar-refractivity contribution in [2.45, 2.75) is 32.0 Å². The second-order valence-corrected chi connectivity index (χ2v) is 9.54. The summed E-state index contributed by atoms with van der Waals surface area (Å²) in [5.74, 6) is -3.24. The van der Waals surface area contributed by atoms with Crippen molar-refractivity contribution in [2.75, 3.05) is 31.2 Å². The quantitative estimate of drug-likeness (QED) is 0.345. The van der Waals surface area contributed by atoms with E-state index < -0.39 is 56.0 Å². The van der Waals surface area contributed by atoms with Gasteiger partial charge < -0.3 is 14.6 Å². The summed E-state index contributed by atoms with van der Waals surface area (Å²) in [6, 6.07) is 4.65. The predicted octanol–water partition coefficient (Wildman–Crippen LogP) is 5.31. The zero-order valence-corrected chi connectivity index (χ0v) is 21.1. The molecule has 0 spiro atoms. The number of halogens is 7. The van der Waals surface area contributed by atoms with E-state index in [2.05, 4.69) is 19.4 Å². The molecule has 0 radical (unpaired) electrons. The fourth-order valence-corrected chi connectivity index (χ4v) is 4.68. The molecule has 3 aromatic rings. The van der Waals surface area contributed by atoms with Crippen LogP contribution in [0.5, 0.6) is 0 Å². The molecule has 4 rings (SSSR count). The molecule has 8 nitrogen and oxygen atoms in total. The van der Waals surface area contributed by atoms with E-state index in [-0.39, 0.29) is 43.1 Å². The van der Waals surface area contributed by atoms with Gasteiger partial charge in [-0.15, -0.1) is 26.3 Å². The third kappa shape index (κ3) is 7.38. The van der Waals surface area contributed by atoms with E-state index in [1.807, 2.05) is 0 Å². The molecule has 218 valence electrons. The van der Waals surface area contributed by atoms with Crippen molar-refractivity contribution >= 4 is 22.7 Å². The zero-order chi connectivity index (χ0) is 29.2. The molecule has 1 saturated heterocycles. The highest BCUT2D eigenvalue weighted by atomic mass is 19.4. The Bertz CT molecular complexity index is 1330. The Morgan fingerprint density at radius 1 is 1.10 bits per heavy atom. The van der Waals surface area contributed by atoms with Crippen molar-refractivity contribution in [3.05, 3.63) is 42.1 Å². The van der Waals surface area contributed by atoms with Gasteiger partial charge in [-0.25, -0.2) is 9.37 Å². The number of piperidine rings is 1. The molecule has 0 bridgehead atoms. The number of carboxylic acid groups (broad SMARTS) is 1. The first-order valence-electron chi connectivity index (χ1n) is 12.2. The van der Waals surface area contributed by atoms with E-state index in [0.717, 1.165) is 0 Å². The highest BCUT2D eigenvalue weighted by Crippen LogP contribution is 2.34. The number of ether oxygens (including phenoxy) is 2. The van der Waals surface area contributed by atoms with Gasteiger partial charge in [-0.1, -0.05) is 0 Å². The van der Waals surface area contributed by atoms with Gasteiger partial charge >= 0.3 is 18.7 Å². The van der Waals surface area contributed by atoms with Crippen LogP contribution in [0.4, 0.5) is 36.6 Å². The molecule has 1 aliphatic rings. The van der Waals surface area contributed by atoms with Crippen molar-refractivity contribution < 1.29 is 50.1 Å². The molecule has 0 amide bonds. The minimum Gasteiger partial charge on any atom is -0.481 e. The van der Waals surface area contributed by atoms with Gasteiger partial charge in [0.2, 0.25) is 0 Å². The first kappa shape index (κ1) is 29.5. The Morgan fingerprint density at radius 2 is 1.73 bits per heavy atom. The number of benzene rings is 1. The van der Waals surface area contributed by atoms with Gasteiger partial charge in [-0.2, -0.15) is 0 Å². The number of aryl methyl sites for hydroxylation is 1. The highest BCUT2D eigenvalue weighted by molar-refractivity contribution is 5.87. The predicted molar refractivity (Wildman–Crippen MR) is 128 cm³/mol. The maximum absolute atomic E-state index is 15.0. The SMILES string of the molecule is Cn1ccc2cc(-c3ncc(CC(COC(F)(F)F)COC(F)(F)F)nc3N3CCC(C(=O)O)CC3)cc(F)c21. The topological polar surface area (TPSA) is 89.7 Å². The van der Waals surface area contributed by atoms with E-state index in [0.29, 0.717) is 16.5 Å². The van der Waals surface area contributed by atoms with Crippen molar-refractivity contribution in [2.24, 2.45) is 18.9 Å². The summed E-state index contributed by atoms with van der Waals surface area (Å²) >= 11 is 0. The lowest BCUT2D eigenvalue weighted by atomic mass is 9.96. The molecule has 0 saturated carbocycles. The fraction of sp³-hybridized carbons (Fsp3) is 0.480. The summed E-state index contributed by atoms with van der Waals surface area (Å²) in [7, 11) is 1.68. The average Bonchev–Trinajstić information content (AvgIpc) is 3.25. The summed E-state index contributed by atoms with van der Waals surface area (Å²) in [4.78, 5) is 22.0. The molecule has 1 aliphatic heterocycles. The first-order chi connectivity index (χ1) is 18.7. The van der Waals surface area contributed by atoms with E-state index in [9.17, 15) is 40.6 Å². The van der Waals surface area contributed by atoms with Crippen molar-refractivity contribution in [3.63, 3.8) is 0 Å². The summed E-state index contributed by atoms with van der Waals surface area (Å²) in [6.45, 7) is -1.73. The van der Waals surface area contributed by atoms with Gasteiger partial charge in [0, 0.05) is 49.4 Å². The zero-order valence-electron chi connectivity index (χ0n) is 21.1. The maximum Gasteiger partial charge on any atom is 0.522 e. The lowest BCUT2D eigenvalue weighted by Gasteiger charge is -2.32. The average molecular weight is 578 g/mol. The van der Waals surface area contributed by atoms with Crippen molar-refractivity contribution in [1.82, 2.24) is 14.5 Å². The van der Waals surface area contributed by atoms with Crippen LogP contribution < -0.4 is 4.90 Å². The molecule has 1 aromatic carbocycles. The van der Waals surface area contributed by atoms with Crippen molar-refractivity contribution in [3.8, 4) is 11.3 Å². The third-order valence-corrected chi connectivity index (χ3v) is 6.61. The van der Waals surface area contributed by atoms with Crippen LogP contribution in [0, 0.1) is 17.7 Å². The molecule has 0 unspecified atom stereocenters. The molecule has 1 fully saturated rings. The van der Waals surface area contributed by atoms with E-state index >= 15 is 0 Å². The van der Waals surface area contributed by atoms with Gasteiger partial charge in [0.15, 0.2) is 5.82 Å². The number of aliphatic carboxylic acids is 1. The van der Waals surface area contributed by atoms with Crippen LogP contribution in [0.1, 0.15) is 18.5 Å². The Hall–Kier alpha value is -3.46. The summed E-state index contributed by atoms with van der Waals surface area (Å²) in [6.07, 6.45) is -7.11. The minimum absolute atomic E-state index is 0.0573. The van der Waals surface area contributed by atoms with Gasteiger partial charge in [0.05, 0.1) is 30.3 Å². The van der Waals surface area contributed by atoms with Crippen LogP contribution in [-0.2, 0) is 27.7 Å². The van der Waals surface area contributed by atoms with Crippen LogP contribution >= 0.6 is 0 Å². The van der Waals surface area contributed by atoms with Crippen molar-refractivity contribution in [1.29, 1.82) is 0 Å². The second-order valence-electron chi connectivity index (χ2n) is 9.54. The molecule has 40 heavy (non-hydrogen) atoms. The molecule has 0 aliphatic carbocycles. The second kappa shape index (κ2) is 11.6. The number of rotatable bonds is 9. The van der Waals surface area contributed by atoms with E-state index in [1.54, 1.807) is 34.8 Å². The van der Waals surface area contributed by atoms with E-state index in [1.165, 1.54) is 12.3 Å². The highest BCUT2D eigenvalue weighted by Gasteiger charge is 2.34. The number of aromatic nitrogens is 3. The molecule has 15 heteroatoms. The largest absolute Gasteiger partial charge is 0.522 e. The van der Waals surface area contributed by atoms with Gasteiger partial charge in [-0.3, -0.25) is 19.3 Å². The normalized spacial score (nSPS) is 15.4. The molecule has 0 atom stereocenters. The number of carboxylic acids is 1.